The van der Waals surface area contributed by atoms with Crippen LogP contribution in [0.4, 0.5) is 9.18 Å². The number of carbonyl (C=O) groups excluding carboxylic acids is 1. The van der Waals surface area contributed by atoms with E-state index in [0.717, 1.165) is 24.4 Å². The SMILES string of the molecule is CCCNC(=O)N(Cc1nccn1Cc1ccc(F)cc1)CC1CC1. The molecule has 1 fully saturated rings. The molecule has 1 aliphatic carbocycles. The molecule has 134 valence electrons. The lowest BCUT2D eigenvalue weighted by Crippen LogP contribution is -2.41. The molecular weight excluding hydrogens is 319 g/mol. The minimum Gasteiger partial charge on any atom is -0.338 e. The standard InChI is InChI=1S/C19H25FN4O/c1-2-9-22-19(25)24(13-15-3-4-15)14-18-21-10-11-23(18)12-16-5-7-17(20)8-6-16/h5-8,10-11,15H,2-4,9,12-14H2,1H3,(H,22,25). The van der Waals surface area contributed by atoms with Crippen molar-refractivity contribution in [3.05, 3.63) is 53.9 Å². The van der Waals surface area contributed by atoms with E-state index in [0.29, 0.717) is 25.6 Å². The van der Waals surface area contributed by atoms with Crippen LogP contribution in [0.1, 0.15) is 37.6 Å². The number of nitrogens with one attached hydrogen (secondary N) is 1. The van der Waals surface area contributed by atoms with Crippen molar-refractivity contribution in [2.45, 2.75) is 39.3 Å². The van der Waals surface area contributed by atoms with Gasteiger partial charge in [-0.2, -0.15) is 0 Å². The lowest BCUT2D eigenvalue weighted by atomic mass is 10.2. The van der Waals surface area contributed by atoms with Gasteiger partial charge in [0.2, 0.25) is 0 Å². The fourth-order valence-electron chi connectivity index (χ4n) is 2.77. The van der Waals surface area contributed by atoms with Crippen LogP contribution in [0.3, 0.4) is 0 Å². The maximum Gasteiger partial charge on any atom is 0.317 e. The van der Waals surface area contributed by atoms with Gasteiger partial charge in [0.25, 0.3) is 0 Å². The van der Waals surface area contributed by atoms with Gasteiger partial charge < -0.3 is 14.8 Å². The van der Waals surface area contributed by atoms with E-state index in [-0.39, 0.29) is 11.8 Å². The van der Waals surface area contributed by atoms with Gasteiger partial charge in [0.05, 0.1) is 6.54 Å². The second-order valence-electron chi connectivity index (χ2n) is 6.65. The van der Waals surface area contributed by atoms with Gasteiger partial charge in [-0.25, -0.2) is 14.2 Å². The third-order valence-electron chi connectivity index (χ3n) is 4.39. The lowest BCUT2D eigenvalue weighted by Gasteiger charge is -2.23. The summed E-state index contributed by atoms with van der Waals surface area (Å²) in [6.07, 6.45) is 6.96. The Labute approximate surface area is 147 Å². The van der Waals surface area contributed by atoms with Crippen LogP contribution in [-0.4, -0.2) is 33.6 Å². The largest absolute Gasteiger partial charge is 0.338 e. The third kappa shape index (κ3) is 5.05. The Bertz CT molecular complexity index is 694. The van der Waals surface area contributed by atoms with Gasteiger partial charge in [-0.05, 0) is 42.9 Å². The number of rotatable bonds is 8. The predicted octanol–water partition coefficient (Wildman–Crippen LogP) is 3.40. The Morgan fingerprint density at radius 2 is 2.12 bits per heavy atom. The number of hydrogen-bond donors (Lipinski definition) is 1. The molecule has 1 heterocycles. The predicted molar refractivity (Wildman–Crippen MR) is 94.6 cm³/mol. The number of aromatic nitrogens is 2. The summed E-state index contributed by atoms with van der Waals surface area (Å²) in [5, 5.41) is 2.96. The Morgan fingerprint density at radius 1 is 1.36 bits per heavy atom. The molecule has 0 spiro atoms. The molecule has 0 saturated heterocycles. The third-order valence-corrected chi connectivity index (χ3v) is 4.39. The fraction of sp³-hybridized carbons (Fsp3) is 0.474. The highest BCUT2D eigenvalue weighted by Gasteiger charge is 2.27. The highest BCUT2D eigenvalue weighted by molar-refractivity contribution is 5.74. The number of hydrogen-bond acceptors (Lipinski definition) is 2. The Kier molecular flexibility index (Phi) is 5.68. The van der Waals surface area contributed by atoms with Crippen LogP contribution < -0.4 is 5.32 Å². The van der Waals surface area contributed by atoms with Gasteiger partial charge in [-0.3, -0.25) is 0 Å². The topological polar surface area (TPSA) is 50.2 Å². The summed E-state index contributed by atoms with van der Waals surface area (Å²) in [6.45, 7) is 4.60. The van der Waals surface area contributed by atoms with Gasteiger partial charge in [0.1, 0.15) is 11.6 Å². The molecule has 0 bridgehead atoms. The molecule has 1 saturated carbocycles. The lowest BCUT2D eigenvalue weighted by molar-refractivity contribution is 0.190. The monoisotopic (exact) mass is 344 g/mol. The molecular formula is C19H25FN4O. The average Bonchev–Trinajstić information content (AvgIpc) is 3.33. The molecule has 0 atom stereocenters. The molecule has 6 heteroatoms. The highest BCUT2D eigenvalue weighted by atomic mass is 19.1. The van der Waals surface area contributed by atoms with Crippen molar-refractivity contribution in [3.8, 4) is 0 Å². The van der Waals surface area contributed by atoms with E-state index in [4.69, 9.17) is 0 Å². The maximum absolute atomic E-state index is 13.1. The fourth-order valence-corrected chi connectivity index (χ4v) is 2.77. The zero-order valence-corrected chi connectivity index (χ0v) is 14.6. The van der Waals surface area contributed by atoms with Crippen LogP contribution in [-0.2, 0) is 13.1 Å². The van der Waals surface area contributed by atoms with Crippen LogP contribution in [0.2, 0.25) is 0 Å². The summed E-state index contributed by atoms with van der Waals surface area (Å²) in [5.74, 6) is 1.22. The van der Waals surface area contributed by atoms with Crippen molar-refractivity contribution in [3.63, 3.8) is 0 Å². The number of carbonyl (C=O) groups is 1. The van der Waals surface area contributed by atoms with E-state index in [2.05, 4.69) is 10.3 Å². The second-order valence-corrected chi connectivity index (χ2v) is 6.65. The first-order valence-electron chi connectivity index (χ1n) is 8.93. The van der Waals surface area contributed by atoms with E-state index in [9.17, 15) is 9.18 Å². The molecule has 1 N–H and O–H groups in total. The molecule has 25 heavy (non-hydrogen) atoms. The van der Waals surface area contributed by atoms with E-state index >= 15 is 0 Å². The van der Waals surface area contributed by atoms with Crippen LogP contribution in [0.5, 0.6) is 0 Å². The summed E-state index contributed by atoms with van der Waals surface area (Å²) in [6, 6.07) is 6.45. The molecule has 2 aromatic rings. The van der Waals surface area contributed by atoms with Crippen molar-refractivity contribution in [1.82, 2.24) is 19.8 Å². The minimum absolute atomic E-state index is 0.0231. The number of amides is 2. The number of urea groups is 1. The first kappa shape index (κ1) is 17.5. The van der Waals surface area contributed by atoms with Gasteiger partial charge in [0, 0.05) is 32.0 Å². The summed E-state index contributed by atoms with van der Waals surface area (Å²) in [5.41, 5.74) is 1.00. The van der Waals surface area contributed by atoms with Gasteiger partial charge in [0.15, 0.2) is 0 Å². The molecule has 3 rings (SSSR count). The Morgan fingerprint density at radius 3 is 2.80 bits per heavy atom. The summed E-state index contributed by atoms with van der Waals surface area (Å²) in [4.78, 5) is 18.7. The molecule has 0 radical (unpaired) electrons. The van der Waals surface area contributed by atoms with E-state index < -0.39 is 0 Å². The van der Waals surface area contributed by atoms with E-state index in [1.165, 1.54) is 25.0 Å². The number of nitrogens with zero attached hydrogens (tertiary/aromatic N) is 3. The molecule has 1 aromatic heterocycles. The smallest absolute Gasteiger partial charge is 0.317 e. The zero-order valence-electron chi connectivity index (χ0n) is 14.6. The van der Waals surface area contributed by atoms with Crippen molar-refractivity contribution in [1.29, 1.82) is 0 Å². The molecule has 0 unspecified atom stereocenters. The first-order chi connectivity index (χ1) is 12.2. The zero-order chi connectivity index (χ0) is 17.6. The second kappa shape index (κ2) is 8.14. The Balaban J connectivity index is 1.68. The van der Waals surface area contributed by atoms with Crippen molar-refractivity contribution in [2.75, 3.05) is 13.1 Å². The number of imidazole rings is 1. The number of benzene rings is 1. The molecule has 0 aliphatic heterocycles. The highest BCUT2D eigenvalue weighted by Crippen LogP contribution is 2.30. The van der Waals surface area contributed by atoms with Crippen molar-refractivity contribution in [2.24, 2.45) is 5.92 Å². The van der Waals surface area contributed by atoms with Crippen LogP contribution in [0.15, 0.2) is 36.7 Å². The number of halogens is 1. The van der Waals surface area contributed by atoms with Crippen molar-refractivity contribution < 1.29 is 9.18 Å². The summed E-state index contributed by atoms with van der Waals surface area (Å²) < 4.78 is 15.1. The average molecular weight is 344 g/mol. The summed E-state index contributed by atoms with van der Waals surface area (Å²) in [7, 11) is 0. The molecule has 1 aliphatic rings. The van der Waals surface area contributed by atoms with Crippen LogP contribution in [0, 0.1) is 11.7 Å². The normalized spacial score (nSPS) is 13.7. The molecule has 2 amide bonds. The summed E-state index contributed by atoms with van der Waals surface area (Å²) >= 11 is 0. The first-order valence-corrected chi connectivity index (χ1v) is 8.93. The Hall–Kier alpha value is -2.37. The molecule has 1 aromatic carbocycles. The van der Waals surface area contributed by atoms with Gasteiger partial charge in [-0.15, -0.1) is 0 Å². The van der Waals surface area contributed by atoms with Crippen molar-refractivity contribution >= 4 is 6.03 Å². The minimum atomic E-state index is -0.238. The quantitative estimate of drug-likeness (QED) is 0.798. The van der Waals surface area contributed by atoms with E-state index in [1.807, 2.05) is 22.6 Å². The van der Waals surface area contributed by atoms with Crippen LogP contribution in [0.25, 0.3) is 0 Å². The van der Waals surface area contributed by atoms with Gasteiger partial charge in [-0.1, -0.05) is 19.1 Å². The molecule has 5 nitrogen and oxygen atoms in total. The van der Waals surface area contributed by atoms with E-state index in [1.54, 1.807) is 18.3 Å². The maximum atomic E-state index is 13.1. The van der Waals surface area contributed by atoms with Crippen LogP contribution >= 0.6 is 0 Å². The van der Waals surface area contributed by atoms with Gasteiger partial charge >= 0.3 is 6.03 Å².